The van der Waals surface area contributed by atoms with Gasteiger partial charge in [-0.15, -0.1) is 0 Å². The first-order valence-corrected chi connectivity index (χ1v) is 7.36. The van der Waals surface area contributed by atoms with E-state index in [1.807, 2.05) is 0 Å². The van der Waals surface area contributed by atoms with Gasteiger partial charge >= 0.3 is 6.18 Å². The Labute approximate surface area is 143 Å². The molecule has 0 saturated heterocycles. The number of fused-ring (bicyclic) bond motifs is 1. The number of halogens is 4. The molecular weight excluding hydrogens is 354 g/mol. The van der Waals surface area contributed by atoms with Gasteiger partial charge in [0.05, 0.1) is 18.0 Å². The maximum Gasteiger partial charge on any atom is 0.419 e. The zero-order valence-corrected chi connectivity index (χ0v) is 12.9. The van der Waals surface area contributed by atoms with Crippen LogP contribution >= 0.6 is 0 Å². The van der Waals surface area contributed by atoms with E-state index in [-0.39, 0.29) is 17.8 Å². The topological polar surface area (TPSA) is 69.6 Å². The summed E-state index contributed by atoms with van der Waals surface area (Å²) in [5.74, 6) is -0.965. The molecule has 0 radical (unpaired) electrons. The van der Waals surface area contributed by atoms with Crippen molar-refractivity contribution < 1.29 is 22.1 Å². The maximum atomic E-state index is 13.7. The van der Waals surface area contributed by atoms with Crippen molar-refractivity contribution in [3.63, 3.8) is 0 Å². The summed E-state index contributed by atoms with van der Waals surface area (Å²) in [5, 5.41) is 7.93. The molecule has 0 fully saturated rings. The molecule has 26 heavy (non-hydrogen) atoms. The van der Waals surface area contributed by atoms with Crippen molar-refractivity contribution in [2.75, 3.05) is 0 Å². The van der Waals surface area contributed by atoms with E-state index in [0.29, 0.717) is 23.2 Å². The lowest BCUT2D eigenvalue weighted by atomic mass is 10.1. The van der Waals surface area contributed by atoms with E-state index in [1.165, 1.54) is 12.4 Å². The highest BCUT2D eigenvalue weighted by Crippen LogP contribution is 2.33. The fourth-order valence-electron chi connectivity index (χ4n) is 2.46. The highest BCUT2D eigenvalue weighted by atomic mass is 19.4. The Balaban J connectivity index is 1.58. The Bertz CT molecular complexity index is 1040. The lowest BCUT2D eigenvalue weighted by Crippen LogP contribution is -2.07. The van der Waals surface area contributed by atoms with Crippen molar-refractivity contribution in [1.29, 1.82) is 0 Å². The molecule has 132 valence electrons. The van der Waals surface area contributed by atoms with Gasteiger partial charge in [0.1, 0.15) is 35.8 Å². The molecule has 0 N–H and O–H groups in total. The summed E-state index contributed by atoms with van der Waals surface area (Å²) in [6, 6.07) is 4.11. The Kier molecular flexibility index (Phi) is 3.67. The molecular formula is C16H9F4N5O. The van der Waals surface area contributed by atoms with E-state index >= 15 is 0 Å². The van der Waals surface area contributed by atoms with Gasteiger partial charge in [0, 0.05) is 11.6 Å². The average Bonchev–Trinajstić information content (AvgIpc) is 3.22. The standard InChI is InChI=1S/C16H9F4N5O/c17-12-3-9(1-2-11(12)16(18,19)20)13-4-10(26-24-13)6-25-7-15-14(5-23-25)21-8-22-15/h1-5,7-8H,6H2. The molecule has 3 heterocycles. The Hall–Kier alpha value is -3.30. The molecule has 0 aliphatic carbocycles. The number of hydrogen-bond donors (Lipinski definition) is 0. The molecule has 2 aromatic rings. The highest BCUT2D eigenvalue weighted by Gasteiger charge is 2.34. The zero-order valence-electron chi connectivity index (χ0n) is 12.9. The third-order valence-electron chi connectivity index (χ3n) is 3.70. The van der Waals surface area contributed by atoms with E-state index in [0.717, 1.165) is 12.1 Å². The summed E-state index contributed by atoms with van der Waals surface area (Å²) < 4.78 is 58.3. The molecule has 0 spiro atoms. The molecule has 2 aliphatic rings. The number of alkyl halides is 3. The molecule has 0 bridgehead atoms. The second-order valence-corrected chi connectivity index (χ2v) is 5.49. The van der Waals surface area contributed by atoms with Crippen LogP contribution in [0.1, 0.15) is 11.3 Å². The van der Waals surface area contributed by atoms with Crippen molar-refractivity contribution in [1.82, 2.24) is 24.9 Å². The van der Waals surface area contributed by atoms with Crippen LogP contribution in [0.3, 0.4) is 0 Å². The van der Waals surface area contributed by atoms with Gasteiger partial charge in [-0.25, -0.2) is 14.4 Å². The molecule has 6 nitrogen and oxygen atoms in total. The zero-order chi connectivity index (χ0) is 18.3. The van der Waals surface area contributed by atoms with Crippen molar-refractivity contribution in [3.05, 3.63) is 60.1 Å². The summed E-state index contributed by atoms with van der Waals surface area (Å²) in [4.78, 5) is 8.06. The quantitative estimate of drug-likeness (QED) is 0.520. The van der Waals surface area contributed by atoms with Gasteiger partial charge in [0.15, 0.2) is 5.76 Å². The van der Waals surface area contributed by atoms with Gasteiger partial charge in [-0.2, -0.15) is 18.3 Å². The molecule has 0 saturated carbocycles. The van der Waals surface area contributed by atoms with Crippen LogP contribution in [0.25, 0.3) is 22.6 Å². The molecule has 0 amide bonds. The monoisotopic (exact) mass is 363 g/mol. The van der Waals surface area contributed by atoms with E-state index in [9.17, 15) is 17.6 Å². The lowest BCUT2D eigenvalue weighted by molar-refractivity contribution is -0.139. The van der Waals surface area contributed by atoms with E-state index < -0.39 is 17.6 Å². The Morgan fingerprint density at radius 2 is 1.85 bits per heavy atom. The van der Waals surface area contributed by atoms with Crippen molar-refractivity contribution in [2.45, 2.75) is 12.7 Å². The number of benzene rings is 1. The van der Waals surface area contributed by atoms with Crippen LogP contribution in [0.15, 0.2) is 47.5 Å². The van der Waals surface area contributed by atoms with Crippen molar-refractivity contribution in [3.8, 4) is 22.6 Å². The summed E-state index contributed by atoms with van der Waals surface area (Å²) in [5.41, 5.74) is 0.390. The number of rotatable bonds is 3. The summed E-state index contributed by atoms with van der Waals surface area (Å²) in [6.45, 7) is 0.221. The van der Waals surface area contributed by atoms with Gasteiger partial charge < -0.3 is 4.52 Å². The molecule has 10 heteroatoms. The van der Waals surface area contributed by atoms with Crippen LogP contribution in [0.4, 0.5) is 17.6 Å². The summed E-state index contributed by atoms with van der Waals surface area (Å²) in [7, 11) is 0. The van der Waals surface area contributed by atoms with Crippen LogP contribution in [0.2, 0.25) is 0 Å². The molecule has 1 aromatic carbocycles. The maximum absolute atomic E-state index is 13.7. The lowest BCUT2D eigenvalue weighted by Gasteiger charge is -2.08. The van der Waals surface area contributed by atoms with Crippen molar-refractivity contribution in [2.24, 2.45) is 0 Å². The minimum Gasteiger partial charge on any atom is -0.359 e. The predicted molar refractivity (Wildman–Crippen MR) is 80.4 cm³/mol. The summed E-state index contributed by atoms with van der Waals surface area (Å²) in [6.07, 6.45) is -0.113. The fourth-order valence-corrected chi connectivity index (χ4v) is 2.46. The van der Waals surface area contributed by atoms with Crippen LogP contribution < -0.4 is 0 Å². The van der Waals surface area contributed by atoms with Crippen molar-refractivity contribution >= 4 is 0 Å². The first-order valence-electron chi connectivity index (χ1n) is 7.36. The van der Waals surface area contributed by atoms with E-state index in [1.54, 1.807) is 17.1 Å². The third kappa shape index (κ3) is 3.01. The smallest absolute Gasteiger partial charge is 0.359 e. The second kappa shape index (κ2) is 5.90. The number of nitrogens with zero attached hydrogens (tertiary/aromatic N) is 5. The summed E-state index contributed by atoms with van der Waals surface area (Å²) >= 11 is 0. The number of imidazole rings is 1. The Morgan fingerprint density at radius 1 is 1.04 bits per heavy atom. The largest absolute Gasteiger partial charge is 0.419 e. The first kappa shape index (κ1) is 16.2. The second-order valence-electron chi connectivity index (χ2n) is 5.49. The predicted octanol–water partition coefficient (Wildman–Crippen LogP) is 3.64. The minimum atomic E-state index is -4.75. The van der Waals surface area contributed by atoms with Gasteiger partial charge in [0.25, 0.3) is 0 Å². The van der Waals surface area contributed by atoms with Gasteiger partial charge in [-0.05, 0) is 12.1 Å². The molecule has 0 atom stereocenters. The highest BCUT2D eigenvalue weighted by molar-refractivity contribution is 5.59. The third-order valence-corrected chi connectivity index (χ3v) is 3.70. The van der Waals surface area contributed by atoms with E-state index in [4.69, 9.17) is 4.52 Å². The van der Waals surface area contributed by atoms with Crippen LogP contribution in [0.5, 0.6) is 0 Å². The van der Waals surface area contributed by atoms with Gasteiger partial charge in [-0.3, -0.25) is 4.68 Å². The van der Waals surface area contributed by atoms with Gasteiger partial charge in [-0.1, -0.05) is 11.2 Å². The molecule has 0 unspecified atom stereocenters. The minimum absolute atomic E-state index is 0.181. The fraction of sp³-hybridized carbons (Fsp3) is 0.125. The molecule has 1 aromatic heterocycles. The van der Waals surface area contributed by atoms with Crippen LogP contribution in [-0.4, -0.2) is 24.9 Å². The first-order chi connectivity index (χ1) is 12.4. The number of hydrogen-bond acceptors (Lipinski definition) is 5. The Morgan fingerprint density at radius 3 is 2.62 bits per heavy atom. The molecule has 4 rings (SSSR count). The van der Waals surface area contributed by atoms with Crippen LogP contribution in [0, 0.1) is 5.82 Å². The average molecular weight is 363 g/mol. The SMILES string of the molecule is Fc1cc(-c2cc(Cn3cc4ncnc-4cn3)on2)ccc1C(F)(F)F. The normalized spacial score (nSPS) is 12.0. The van der Waals surface area contributed by atoms with E-state index in [2.05, 4.69) is 20.2 Å². The molecule has 2 aliphatic heterocycles. The number of aromatic nitrogens is 5. The van der Waals surface area contributed by atoms with Crippen LogP contribution in [-0.2, 0) is 12.7 Å². The van der Waals surface area contributed by atoms with Gasteiger partial charge in [0.2, 0.25) is 0 Å².